The van der Waals surface area contributed by atoms with Crippen molar-refractivity contribution in [2.45, 2.75) is 59.4 Å². The molecule has 2 N–H and O–H groups in total. The van der Waals surface area contributed by atoms with Gasteiger partial charge in [0.2, 0.25) is 5.91 Å². The van der Waals surface area contributed by atoms with E-state index in [1.807, 2.05) is 0 Å². The van der Waals surface area contributed by atoms with Gasteiger partial charge in [-0.05, 0) is 42.6 Å². The maximum absolute atomic E-state index is 12.0. The molecule has 2 fully saturated rings. The van der Waals surface area contributed by atoms with Gasteiger partial charge in [0.1, 0.15) is 0 Å². The summed E-state index contributed by atoms with van der Waals surface area (Å²) in [4.78, 5) is 12.0. The van der Waals surface area contributed by atoms with Crippen LogP contribution in [-0.2, 0) is 4.79 Å². The summed E-state index contributed by atoms with van der Waals surface area (Å²) >= 11 is 0. The van der Waals surface area contributed by atoms with E-state index in [1.54, 1.807) is 0 Å². The molecule has 1 amide bonds. The topological polar surface area (TPSA) is 41.1 Å². The number of rotatable bonds is 5. The fourth-order valence-electron chi connectivity index (χ4n) is 4.27. The van der Waals surface area contributed by atoms with Crippen molar-refractivity contribution in [1.29, 1.82) is 0 Å². The third-order valence-electron chi connectivity index (χ3n) is 5.35. The van der Waals surface area contributed by atoms with E-state index in [4.69, 9.17) is 0 Å². The summed E-state index contributed by atoms with van der Waals surface area (Å²) in [6, 6.07) is 0.359. The average Bonchev–Trinajstić information content (AvgIpc) is 2.76. The molecule has 2 saturated carbocycles. The van der Waals surface area contributed by atoms with Gasteiger partial charge in [-0.3, -0.25) is 4.79 Å². The molecule has 3 atom stereocenters. The molecule has 0 saturated heterocycles. The van der Waals surface area contributed by atoms with Crippen LogP contribution < -0.4 is 10.6 Å². The molecule has 3 unspecified atom stereocenters. The Morgan fingerprint density at radius 2 is 2.06 bits per heavy atom. The van der Waals surface area contributed by atoms with Crippen LogP contribution in [0.25, 0.3) is 0 Å². The molecular weight excluding hydrogens is 224 g/mol. The van der Waals surface area contributed by atoms with Crippen LogP contribution >= 0.6 is 0 Å². The van der Waals surface area contributed by atoms with Crippen molar-refractivity contribution in [3.63, 3.8) is 0 Å². The van der Waals surface area contributed by atoms with E-state index in [2.05, 4.69) is 38.3 Å². The largest absolute Gasteiger partial charge is 0.352 e. The van der Waals surface area contributed by atoms with Gasteiger partial charge in [-0.2, -0.15) is 0 Å². The maximum Gasteiger partial charge on any atom is 0.221 e. The van der Waals surface area contributed by atoms with Gasteiger partial charge in [0.25, 0.3) is 0 Å². The third-order valence-corrected chi connectivity index (χ3v) is 5.35. The Balaban J connectivity index is 1.94. The highest BCUT2D eigenvalue weighted by molar-refractivity contribution is 5.76. The molecule has 3 nitrogen and oxygen atoms in total. The quantitative estimate of drug-likeness (QED) is 0.737. The van der Waals surface area contributed by atoms with Crippen LogP contribution in [-0.4, -0.2) is 25.0 Å². The van der Waals surface area contributed by atoms with E-state index in [0.717, 1.165) is 19.0 Å². The van der Waals surface area contributed by atoms with Crippen LogP contribution in [0.1, 0.15) is 53.4 Å². The molecule has 0 spiro atoms. The minimum absolute atomic E-state index is 0.211. The highest BCUT2D eigenvalue weighted by atomic mass is 16.1. The Kier molecular flexibility index (Phi) is 3.72. The van der Waals surface area contributed by atoms with Crippen LogP contribution in [0.5, 0.6) is 0 Å². The van der Waals surface area contributed by atoms with E-state index in [-0.39, 0.29) is 11.3 Å². The highest BCUT2D eigenvalue weighted by Crippen LogP contribution is 2.62. The highest BCUT2D eigenvalue weighted by Gasteiger charge is 2.59. The van der Waals surface area contributed by atoms with Crippen molar-refractivity contribution in [1.82, 2.24) is 10.6 Å². The minimum Gasteiger partial charge on any atom is -0.352 e. The molecule has 0 heterocycles. The number of amides is 1. The lowest BCUT2D eigenvalue weighted by Crippen LogP contribution is -2.52. The molecule has 2 aliphatic rings. The molecule has 2 aliphatic carbocycles. The molecule has 104 valence electrons. The summed E-state index contributed by atoms with van der Waals surface area (Å²) in [5, 5.41) is 6.53. The first kappa shape index (κ1) is 13.9. The molecule has 0 aliphatic heterocycles. The molecular formula is C15H28N2O. The van der Waals surface area contributed by atoms with Gasteiger partial charge in [-0.1, -0.05) is 27.7 Å². The standard InChI is InChI=1S/C15H28N2O/c1-5-16-9-7-12(18)17-13-14(2,3)11-6-8-15(13,4)10-11/h11,13,16H,5-10H2,1-4H3,(H,17,18). The molecule has 0 aromatic carbocycles. The number of hydrogen-bond donors (Lipinski definition) is 2. The van der Waals surface area contributed by atoms with Crippen molar-refractivity contribution >= 4 is 5.91 Å². The van der Waals surface area contributed by atoms with E-state index in [9.17, 15) is 4.79 Å². The number of carbonyl (C=O) groups excluding carboxylic acids is 1. The zero-order valence-corrected chi connectivity index (χ0v) is 12.3. The zero-order chi connectivity index (χ0) is 13.4. The van der Waals surface area contributed by atoms with Crippen molar-refractivity contribution in [3.8, 4) is 0 Å². The first-order valence-electron chi connectivity index (χ1n) is 7.40. The predicted octanol–water partition coefficient (Wildman–Crippen LogP) is 2.32. The first-order chi connectivity index (χ1) is 8.40. The Labute approximate surface area is 111 Å². The fourth-order valence-corrected chi connectivity index (χ4v) is 4.27. The first-order valence-corrected chi connectivity index (χ1v) is 7.40. The SMILES string of the molecule is CCNCCC(=O)NC1C2(C)CCC(C2)C1(C)C. The Morgan fingerprint density at radius 3 is 2.61 bits per heavy atom. The zero-order valence-electron chi connectivity index (χ0n) is 12.3. The van der Waals surface area contributed by atoms with Crippen molar-refractivity contribution < 1.29 is 4.79 Å². The Morgan fingerprint density at radius 1 is 1.33 bits per heavy atom. The lowest BCUT2D eigenvalue weighted by molar-refractivity contribution is -0.123. The molecule has 2 bridgehead atoms. The maximum atomic E-state index is 12.0. The summed E-state index contributed by atoms with van der Waals surface area (Å²) < 4.78 is 0. The van der Waals surface area contributed by atoms with Gasteiger partial charge in [0.05, 0.1) is 0 Å². The Hall–Kier alpha value is -0.570. The van der Waals surface area contributed by atoms with Crippen molar-refractivity contribution in [2.75, 3.05) is 13.1 Å². The minimum atomic E-state index is 0.211. The second-order valence-electron chi connectivity index (χ2n) is 7.02. The van der Waals surface area contributed by atoms with Crippen LogP contribution in [0, 0.1) is 16.7 Å². The lowest BCUT2D eigenvalue weighted by Gasteiger charge is -2.43. The van der Waals surface area contributed by atoms with E-state index >= 15 is 0 Å². The van der Waals surface area contributed by atoms with Crippen molar-refractivity contribution in [3.05, 3.63) is 0 Å². The van der Waals surface area contributed by atoms with Crippen LogP contribution in [0.2, 0.25) is 0 Å². The smallest absolute Gasteiger partial charge is 0.221 e. The summed E-state index contributed by atoms with van der Waals surface area (Å²) in [6.45, 7) is 10.8. The number of carbonyl (C=O) groups is 1. The Bertz CT molecular complexity index is 322. The van der Waals surface area contributed by atoms with Crippen molar-refractivity contribution in [2.24, 2.45) is 16.7 Å². The molecule has 0 aromatic heterocycles. The normalized spacial score (nSPS) is 36.9. The van der Waals surface area contributed by atoms with Gasteiger partial charge in [0.15, 0.2) is 0 Å². The molecule has 0 radical (unpaired) electrons. The van der Waals surface area contributed by atoms with Gasteiger partial charge in [0, 0.05) is 19.0 Å². The second kappa shape index (κ2) is 4.84. The number of fused-ring (bicyclic) bond motifs is 2. The third kappa shape index (κ3) is 2.29. The van der Waals surface area contributed by atoms with Crippen LogP contribution in [0.15, 0.2) is 0 Å². The summed E-state index contributed by atoms with van der Waals surface area (Å²) in [5.41, 5.74) is 0.600. The molecule has 0 aromatic rings. The van der Waals surface area contributed by atoms with E-state index in [0.29, 0.717) is 17.9 Å². The summed E-state index contributed by atoms with van der Waals surface area (Å²) in [5.74, 6) is 1.00. The van der Waals surface area contributed by atoms with Crippen LogP contribution in [0.4, 0.5) is 0 Å². The van der Waals surface area contributed by atoms with E-state index in [1.165, 1.54) is 19.3 Å². The molecule has 18 heavy (non-hydrogen) atoms. The lowest BCUT2D eigenvalue weighted by atomic mass is 9.68. The van der Waals surface area contributed by atoms with Gasteiger partial charge in [-0.15, -0.1) is 0 Å². The van der Waals surface area contributed by atoms with Gasteiger partial charge in [-0.25, -0.2) is 0 Å². The average molecular weight is 252 g/mol. The van der Waals surface area contributed by atoms with E-state index < -0.39 is 0 Å². The molecule has 2 rings (SSSR count). The number of nitrogens with one attached hydrogen (secondary N) is 2. The summed E-state index contributed by atoms with van der Waals surface area (Å²) in [7, 11) is 0. The monoisotopic (exact) mass is 252 g/mol. The summed E-state index contributed by atoms with van der Waals surface area (Å²) in [6.07, 6.45) is 4.51. The van der Waals surface area contributed by atoms with Gasteiger partial charge >= 0.3 is 0 Å². The second-order valence-corrected chi connectivity index (χ2v) is 7.02. The van der Waals surface area contributed by atoms with Crippen LogP contribution in [0.3, 0.4) is 0 Å². The number of hydrogen-bond acceptors (Lipinski definition) is 2. The molecule has 3 heteroatoms. The fraction of sp³-hybridized carbons (Fsp3) is 0.933. The van der Waals surface area contributed by atoms with Gasteiger partial charge < -0.3 is 10.6 Å². The predicted molar refractivity (Wildman–Crippen MR) is 74.3 cm³/mol.